The van der Waals surface area contributed by atoms with E-state index in [1.165, 1.54) is 6.07 Å². The first-order valence-electron chi connectivity index (χ1n) is 4.68. The normalized spacial score (nSPS) is 10.4. The molecule has 2 aromatic rings. The highest BCUT2D eigenvalue weighted by Gasteiger charge is 2.13. The highest BCUT2D eigenvalue weighted by Crippen LogP contribution is 2.32. The van der Waals surface area contributed by atoms with E-state index < -0.39 is 0 Å². The summed E-state index contributed by atoms with van der Waals surface area (Å²) < 4.78 is 0.385. The average molecular weight is 341 g/mol. The van der Waals surface area contributed by atoms with Gasteiger partial charge in [0, 0.05) is 5.69 Å². The molecule has 0 aliphatic rings. The zero-order chi connectivity index (χ0) is 13.3. The van der Waals surface area contributed by atoms with Crippen molar-refractivity contribution in [1.29, 1.82) is 0 Å². The number of carbonyl (C=O) groups excluding carboxylic acids is 1. The Kier molecular flexibility index (Phi) is 4.41. The maximum Gasteiger partial charge on any atom is 0.265 e. The van der Waals surface area contributed by atoms with Gasteiger partial charge in [0.1, 0.15) is 4.34 Å². The predicted octanol–water partition coefficient (Wildman–Crippen LogP) is 5.61. The Morgan fingerprint density at radius 2 is 1.72 bits per heavy atom. The Bertz CT molecular complexity index is 592. The van der Waals surface area contributed by atoms with Crippen LogP contribution in [0.25, 0.3) is 0 Å². The van der Waals surface area contributed by atoms with Crippen LogP contribution >= 0.6 is 57.7 Å². The summed E-state index contributed by atoms with van der Waals surface area (Å²) in [5.41, 5.74) is 0.551. The molecule has 0 unspecified atom stereocenters. The summed E-state index contributed by atoms with van der Waals surface area (Å²) >= 11 is 24.3. The van der Waals surface area contributed by atoms with Crippen LogP contribution in [0.2, 0.25) is 19.4 Å². The third-order valence-corrected chi connectivity index (χ3v) is 4.65. The molecule has 0 radical (unpaired) electrons. The van der Waals surface area contributed by atoms with E-state index in [4.69, 9.17) is 46.4 Å². The molecule has 1 amide bonds. The second-order valence-electron chi connectivity index (χ2n) is 3.32. The van der Waals surface area contributed by atoms with Gasteiger partial charge in [0.05, 0.1) is 19.9 Å². The van der Waals surface area contributed by atoms with Crippen LogP contribution in [0.4, 0.5) is 5.69 Å². The van der Waals surface area contributed by atoms with Gasteiger partial charge in [0.25, 0.3) is 5.91 Å². The number of halogens is 4. The smallest absolute Gasteiger partial charge is 0.265 e. The fraction of sp³-hybridized carbons (Fsp3) is 0. The molecule has 0 atom stereocenters. The molecule has 0 spiro atoms. The quantitative estimate of drug-likeness (QED) is 0.755. The minimum atomic E-state index is -0.299. The molecule has 0 saturated carbocycles. The van der Waals surface area contributed by atoms with Gasteiger partial charge in [-0.15, -0.1) is 11.3 Å². The van der Waals surface area contributed by atoms with Crippen molar-refractivity contribution in [3.8, 4) is 0 Å². The topological polar surface area (TPSA) is 29.1 Å². The third kappa shape index (κ3) is 3.11. The predicted molar refractivity (Wildman–Crippen MR) is 78.8 cm³/mol. The molecule has 1 aromatic carbocycles. The summed E-state index contributed by atoms with van der Waals surface area (Å²) in [7, 11) is 0. The van der Waals surface area contributed by atoms with Gasteiger partial charge in [-0.3, -0.25) is 4.79 Å². The average Bonchev–Trinajstić information content (AvgIpc) is 2.65. The zero-order valence-corrected chi connectivity index (χ0v) is 12.5. The van der Waals surface area contributed by atoms with E-state index >= 15 is 0 Å². The van der Waals surface area contributed by atoms with Gasteiger partial charge in [0.2, 0.25) is 0 Å². The lowest BCUT2D eigenvalue weighted by molar-refractivity contribution is 0.103. The van der Waals surface area contributed by atoms with Gasteiger partial charge >= 0.3 is 0 Å². The number of anilines is 1. The van der Waals surface area contributed by atoms with Crippen LogP contribution in [0.1, 0.15) is 9.67 Å². The van der Waals surface area contributed by atoms with E-state index in [0.717, 1.165) is 11.3 Å². The number of amides is 1. The molecule has 0 aliphatic heterocycles. The SMILES string of the molecule is O=C(Nc1ccc(Cl)c(Cl)c1)c1cc(Cl)c(Cl)s1. The fourth-order valence-electron chi connectivity index (χ4n) is 1.23. The van der Waals surface area contributed by atoms with E-state index in [9.17, 15) is 4.79 Å². The molecule has 2 nitrogen and oxygen atoms in total. The van der Waals surface area contributed by atoms with Crippen molar-refractivity contribution in [1.82, 2.24) is 0 Å². The molecule has 1 aromatic heterocycles. The summed E-state index contributed by atoms with van der Waals surface area (Å²) in [5.74, 6) is -0.299. The molecule has 18 heavy (non-hydrogen) atoms. The number of rotatable bonds is 2. The van der Waals surface area contributed by atoms with Gasteiger partial charge in [-0.05, 0) is 24.3 Å². The Balaban J connectivity index is 2.18. The molecular weight excluding hydrogens is 336 g/mol. The van der Waals surface area contributed by atoms with Crippen LogP contribution in [0, 0.1) is 0 Å². The summed E-state index contributed by atoms with van der Waals surface area (Å²) in [6, 6.07) is 6.34. The number of thiophene rings is 1. The van der Waals surface area contributed by atoms with E-state index in [-0.39, 0.29) is 5.91 Å². The maximum absolute atomic E-state index is 11.9. The lowest BCUT2D eigenvalue weighted by Crippen LogP contribution is -2.09. The minimum absolute atomic E-state index is 0.299. The van der Waals surface area contributed by atoms with Crippen molar-refractivity contribution < 1.29 is 4.79 Å². The Labute approximate surface area is 127 Å². The van der Waals surface area contributed by atoms with Gasteiger partial charge in [-0.1, -0.05) is 46.4 Å². The van der Waals surface area contributed by atoms with E-state index in [1.807, 2.05) is 0 Å². The van der Waals surface area contributed by atoms with Crippen molar-refractivity contribution in [3.63, 3.8) is 0 Å². The zero-order valence-electron chi connectivity index (χ0n) is 8.64. The maximum atomic E-state index is 11.9. The van der Waals surface area contributed by atoms with Gasteiger partial charge in [0.15, 0.2) is 0 Å². The van der Waals surface area contributed by atoms with Crippen molar-refractivity contribution in [3.05, 3.63) is 48.5 Å². The van der Waals surface area contributed by atoms with Crippen LogP contribution in [-0.4, -0.2) is 5.91 Å². The molecule has 2 rings (SSSR count). The number of nitrogens with one attached hydrogen (secondary N) is 1. The molecule has 1 heterocycles. The first kappa shape index (κ1) is 14.0. The second kappa shape index (κ2) is 5.68. The summed E-state index contributed by atoms with van der Waals surface area (Å²) in [4.78, 5) is 12.3. The van der Waals surface area contributed by atoms with Crippen molar-refractivity contribution >= 4 is 69.3 Å². The van der Waals surface area contributed by atoms with Crippen LogP contribution < -0.4 is 5.32 Å². The summed E-state index contributed by atoms with van der Waals surface area (Å²) in [5, 5.41) is 3.84. The summed E-state index contributed by atoms with van der Waals surface area (Å²) in [6.45, 7) is 0. The third-order valence-electron chi connectivity index (χ3n) is 2.05. The molecule has 1 N–H and O–H groups in total. The van der Waals surface area contributed by atoms with Gasteiger partial charge in [-0.2, -0.15) is 0 Å². The van der Waals surface area contributed by atoms with Gasteiger partial charge < -0.3 is 5.32 Å². The first-order chi connectivity index (χ1) is 8.47. The van der Waals surface area contributed by atoms with Crippen LogP contribution in [0.3, 0.4) is 0 Å². The van der Waals surface area contributed by atoms with Crippen LogP contribution in [0.15, 0.2) is 24.3 Å². The van der Waals surface area contributed by atoms with Crippen molar-refractivity contribution in [2.45, 2.75) is 0 Å². The standard InChI is InChI=1S/C11H5Cl4NOS/c12-6-2-1-5(3-7(6)13)16-11(17)9-4-8(14)10(15)18-9/h1-4H,(H,16,17). The van der Waals surface area contributed by atoms with Crippen LogP contribution in [-0.2, 0) is 0 Å². The molecule has 0 saturated heterocycles. The molecular formula is C11H5Cl4NOS. The van der Waals surface area contributed by atoms with E-state index in [2.05, 4.69) is 5.32 Å². The highest BCUT2D eigenvalue weighted by molar-refractivity contribution is 7.18. The van der Waals surface area contributed by atoms with E-state index in [0.29, 0.717) is 30.0 Å². The molecule has 0 aliphatic carbocycles. The van der Waals surface area contributed by atoms with Crippen molar-refractivity contribution in [2.24, 2.45) is 0 Å². The van der Waals surface area contributed by atoms with E-state index in [1.54, 1.807) is 18.2 Å². The largest absolute Gasteiger partial charge is 0.321 e. The first-order valence-corrected chi connectivity index (χ1v) is 7.01. The molecule has 94 valence electrons. The molecule has 0 fully saturated rings. The number of carbonyl (C=O) groups is 1. The summed E-state index contributed by atoms with van der Waals surface area (Å²) in [6.07, 6.45) is 0. The lowest BCUT2D eigenvalue weighted by atomic mass is 10.3. The number of hydrogen-bond donors (Lipinski definition) is 1. The van der Waals surface area contributed by atoms with Crippen molar-refractivity contribution in [2.75, 3.05) is 5.32 Å². The Morgan fingerprint density at radius 3 is 2.28 bits per heavy atom. The highest BCUT2D eigenvalue weighted by atomic mass is 35.5. The van der Waals surface area contributed by atoms with Crippen LogP contribution in [0.5, 0.6) is 0 Å². The second-order valence-corrected chi connectivity index (χ2v) is 6.19. The minimum Gasteiger partial charge on any atom is -0.321 e. The molecule has 7 heteroatoms. The van der Waals surface area contributed by atoms with Gasteiger partial charge in [-0.25, -0.2) is 0 Å². The fourth-order valence-corrected chi connectivity index (χ4v) is 2.79. The monoisotopic (exact) mass is 339 g/mol. The lowest BCUT2D eigenvalue weighted by Gasteiger charge is -2.04. The molecule has 0 bridgehead atoms. The Morgan fingerprint density at radius 1 is 1.00 bits per heavy atom. The number of hydrogen-bond acceptors (Lipinski definition) is 2. The number of benzene rings is 1. The Hall–Kier alpha value is -0.450.